The SMILES string of the molecule is O=C(CCc1ccncc1)Oc1c(Cl)c(Cl)c(Cl)c(Cl)c1Cl. The molecule has 1 aromatic heterocycles. The smallest absolute Gasteiger partial charge is 0.311 e. The normalized spacial score (nSPS) is 10.6. The van der Waals surface area contributed by atoms with Crippen LogP contribution in [0.15, 0.2) is 24.5 Å². The van der Waals surface area contributed by atoms with E-state index in [1.807, 2.05) is 12.1 Å². The molecule has 0 unspecified atom stereocenters. The topological polar surface area (TPSA) is 39.2 Å². The Morgan fingerprint density at radius 2 is 1.41 bits per heavy atom. The zero-order valence-corrected chi connectivity index (χ0v) is 14.7. The largest absolute Gasteiger partial charge is 0.423 e. The average molecular weight is 399 g/mol. The minimum absolute atomic E-state index is 0.00918. The Hall–Kier alpha value is -0.710. The number of ether oxygens (including phenoxy) is 1. The minimum Gasteiger partial charge on any atom is -0.423 e. The third kappa shape index (κ3) is 3.98. The first-order valence-corrected chi connectivity index (χ1v) is 7.91. The van der Waals surface area contributed by atoms with Crippen molar-refractivity contribution in [1.82, 2.24) is 4.98 Å². The second-order valence-corrected chi connectivity index (χ2v) is 6.12. The molecule has 2 rings (SSSR count). The number of pyridine rings is 1. The first-order chi connectivity index (χ1) is 10.4. The van der Waals surface area contributed by atoms with E-state index in [9.17, 15) is 4.79 Å². The fourth-order valence-corrected chi connectivity index (χ4v) is 2.83. The maximum atomic E-state index is 11.9. The van der Waals surface area contributed by atoms with Crippen LogP contribution in [0.1, 0.15) is 12.0 Å². The van der Waals surface area contributed by atoms with Crippen molar-refractivity contribution >= 4 is 64.0 Å². The Morgan fingerprint density at radius 1 is 0.909 bits per heavy atom. The van der Waals surface area contributed by atoms with E-state index in [4.69, 9.17) is 62.7 Å². The predicted molar refractivity (Wildman–Crippen MR) is 89.7 cm³/mol. The van der Waals surface area contributed by atoms with Crippen molar-refractivity contribution in [3.05, 3.63) is 55.2 Å². The lowest BCUT2D eigenvalue weighted by atomic mass is 10.1. The number of carbonyl (C=O) groups excluding carboxylic acids is 1. The predicted octanol–water partition coefficient (Wildman–Crippen LogP) is 5.89. The summed E-state index contributed by atoms with van der Waals surface area (Å²) in [5.41, 5.74) is 0.955. The molecular formula is C14H8Cl5NO2. The summed E-state index contributed by atoms with van der Waals surface area (Å²) < 4.78 is 5.17. The monoisotopic (exact) mass is 397 g/mol. The summed E-state index contributed by atoms with van der Waals surface area (Å²) in [6, 6.07) is 3.62. The Labute approximate surface area is 152 Å². The van der Waals surface area contributed by atoms with Crippen molar-refractivity contribution in [3.63, 3.8) is 0 Å². The molecule has 3 nitrogen and oxygen atoms in total. The molecule has 0 aliphatic carbocycles. The highest BCUT2D eigenvalue weighted by Gasteiger charge is 2.22. The van der Waals surface area contributed by atoms with Gasteiger partial charge in [0.05, 0.1) is 15.1 Å². The maximum absolute atomic E-state index is 11.9. The van der Waals surface area contributed by atoms with Gasteiger partial charge in [-0.25, -0.2) is 0 Å². The van der Waals surface area contributed by atoms with Crippen LogP contribution in [0.4, 0.5) is 0 Å². The molecule has 0 bridgehead atoms. The fourth-order valence-electron chi connectivity index (χ4n) is 1.64. The Morgan fingerprint density at radius 3 is 1.95 bits per heavy atom. The van der Waals surface area contributed by atoms with Gasteiger partial charge < -0.3 is 4.74 Å². The zero-order chi connectivity index (χ0) is 16.3. The van der Waals surface area contributed by atoms with Gasteiger partial charge in [-0.1, -0.05) is 58.0 Å². The van der Waals surface area contributed by atoms with Crippen molar-refractivity contribution in [3.8, 4) is 5.75 Å². The van der Waals surface area contributed by atoms with Crippen LogP contribution in [0.25, 0.3) is 0 Å². The summed E-state index contributed by atoms with van der Waals surface area (Å²) in [7, 11) is 0. The van der Waals surface area contributed by atoms with Gasteiger partial charge in [-0.05, 0) is 24.1 Å². The third-order valence-corrected chi connectivity index (χ3v) is 4.99. The van der Waals surface area contributed by atoms with Gasteiger partial charge in [0.15, 0.2) is 5.75 Å². The van der Waals surface area contributed by atoms with E-state index in [0.29, 0.717) is 6.42 Å². The molecule has 0 amide bonds. The molecule has 0 radical (unpaired) electrons. The van der Waals surface area contributed by atoms with Crippen molar-refractivity contribution in [2.24, 2.45) is 0 Å². The summed E-state index contributed by atoms with van der Waals surface area (Å²) in [6.45, 7) is 0. The van der Waals surface area contributed by atoms with Crippen molar-refractivity contribution in [2.75, 3.05) is 0 Å². The maximum Gasteiger partial charge on any atom is 0.311 e. The lowest BCUT2D eigenvalue weighted by Gasteiger charge is -2.12. The van der Waals surface area contributed by atoms with Gasteiger partial charge in [0.1, 0.15) is 10.0 Å². The van der Waals surface area contributed by atoms with Gasteiger partial charge in [-0.15, -0.1) is 0 Å². The van der Waals surface area contributed by atoms with Gasteiger partial charge >= 0.3 is 5.97 Å². The van der Waals surface area contributed by atoms with Crippen LogP contribution in [0.3, 0.4) is 0 Å². The number of nitrogens with zero attached hydrogens (tertiary/aromatic N) is 1. The number of hydrogen-bond acceptors (Lipinski definition) is 3. The van der Waals surface area contributed by atoms with E-state index in [0.717, 1.165) is 5.56 Å². The summed E-state index contributed by atoms with van der Waals surface area (Å²) in [5.74, 6) is -0.613. The van der Waals surface area contributed by atoms with E-state index in [1.165, 1.54) is 0 Å². The van der Waals surface area contributed by atoms with Gasteiger partial charge in [-0.2, -0.15) is 0 Å². The van der Waals surface area contributed by atoms with Crippen LogP contribution >= 0.6 is 58.0 Å². The number of carbonyl (C=O) groups is 1. The number of hydrogen-bond donors (Lipinski definition) is 0. The van der Waals surface area contributed by atoms with Crippen LogP contribution in [0, 0.1) is 0 Å². The highest BCUT2D eigenvalue weighted by molar-refractivity contribution is 6.55. The van der Waals surface area contributed by atoms with Gasteiger partial charge in [-0.3, -0.25) is 9.78 Å². The first kappa shape index (κ1) is 17.6. The van der Waals surface area contributed by atoms with E-state index < -0.39 is 5.97 Å². The van der Waals surface area contributed by atoms with Crippen LogP contribution in [0.5, 0.6) is 5.75 Å². The number of aromatic nitrogens is 1. The first-order valence-electron chi connectivity index (χ1n) is 6.02. The lowest BCUT2D eigenvalue weighted by molar-refractivity contribution is -0.134. The minimum atomic E-state index is -0.518. The fraction of sp³-hybridized carbons (Fsp3) is 0.143. The molecule has 1 heterocycles. The van der Waals surface area contributed by atoms with Crippen LogP contribution < -0.4 is 4.74 Å². The second-order valence-electron chi connectivity index (χ2n) is 4.23. The Bertz CT molecular complexity index is 677. The van der Waals surface area contributed by atoms with Crippen LogP contribution in [-0.4, -0.2) is 11.0 Å². The van der Waals surface area contributed by atoms with Gasteiger partial charge in [0.2, 0.25) is 0 Å². The van der Waals surface area contributed by atoms with Crippen molar-refractivity contribution in [2.45, 2.75) is 12.8 Å². The summed E-state index contributed by atoms with van der Waals surface area (Å²) in [6.07, 6.45) is 3.92. The van der Waals surface area contributed by atoms with Gasteiger partial charge in [0, 0.05) is 18.8 Å². The number of rotatable bonds is 4. The molecule has 0 saturated carbocycles. The molecule has 8 heteroatoms. The highest BCUT2D eigenvalue weighted by Crippen LogP contribution is 2.48. The molecule has 0 N–H and O–H groups in total. The van der Waals surface area contributed by atoms with E-state index >= 15 is 0 Å². The average Bonchev–Trinajstić information content (AvgIpc) is 2.54. The molecule has 2 aromatic rings. The molecular weight excluding hydrogens is 391 g/mol. The van der Waals surface area contributed by atoms with Crippen molar-refractivity contribution < 1.29 is 9.53 Å². The Kier molecular flexibility index (Phi) is 6.18. The molecule has 22 heavy (non-hydrogen) atoms. The molecule has 0 spiro atoms. The zero-order valence-electron chi connectivity index (χ0n) is 10.9. The van der Waals surface area contributed by atoms with E-state index in [2.05, 4.69) is 4.98 Å². The number of aryl methyl sites for hydroxylation is 1. The Balaban J connectivity index is 2.12. The van der Waals surface area contributed by atoms with Crippen molar-refractivity contribution in [1.29, 1.82) is 0 Å². The number of halogens is 5. The molecule has 1 aromatic carbocycles. The van der Waals surface area contributed by atoms with Crippen LogP contribution in [0.2, 0.25) is 25.1 Å². The summed E-state index contributed by atoms with van der Waals surface area (Å²) in [4.78, 5) is 15.8. The molecule has 0 aliphatic heterocycles. The summed E-state index contributed by atoms with van der Waals surface area (Å²) in [5, 5.41) is -0.143. The standard InChI is InChI=1S/C14H8Cl5NO2/c15-9-10(16)12(18)14(13(19)11(9)17)22-8(21)2-1-7-3-5-20-6-4-7/h3-6H,1-2H2. The van der Waals surface area contributed by atoms with Crippen LogP contribution in [-0.2, 0) is 11.2 Å². The lowest BCUT2D eigenvalue weighted by Crippen LogP contribution is -2.10. The highest BCUT2D eigenvalue weighted by atomic mass is 35.5. The number of benzene rings is 1. The number of esters is 1. The summed E-state index contributed by atoms with van der Waals surface area (Å²) >= 11 is 29.7. The molecule has 0 saturated heterocycles. The molecule has 116 valence electrons. The quantitative estimate of drug-likeness (QED) is 0.279. The van der Waals surface area contributed by atoms with E-state index in [1.54, 1.807) is 12.4 Å². The molecule has 0 aliphatic rings. The van der Waals surface area contributed by atoms with E-state index in [-0.39, 0.29) is 37.3 Å². The molecule has 0 fully saturated rings. The second kappa shape index (κ2) is 7.71. The van der Waals surface area contributed by atoms with Gasteiger partial charge in [0.25, 0.3) is 0 Å². The molecule has 0 atom stereocenters. The third-order valence-electron chi connectivity index (χ3n) is 2.75.